The largest absolute Gasteiger partial charge is 0.484 e. The van der Waals surface area contributed by atoms with E-state index < -0.39 is 47.9 Å². The first kappa shape index (κ1) is 24.0. The van der Waals surface area contributed by atoms with Crippen LogP contribution in [-0.4, -0.2) is 47.7 Å². The summed E-state index contributed by atoms with van der Waals surface area (Å²) in [6, 6.07) is 4.44. The van der Waals surface area contributed by atoms with Gasteiger partial charge in [-0.2, -0.15) is 13.2 Å². The van der Waals surface area contributed by atoms with Gasteiger partial charge in [0.15, 0.2) is 18.2 Å². The summed E-state index contributed by atoms with van der Waals surface area (Å²) in [6.45, 7) is -0.657. The second kappa shape index (κ2) is 10.7. The standard InChI is InChI=1S/C19H18F5N3O4/c20-14-3-2-13(7-15(14)21)31-10-17(29)25-6-5-12(28)9-27-18(30)16-4-1-11(8-26-16)19(22,23)24/h1-4,7-8,12,28H,5-6,9-10H2,(H,25,29)(H,27,30). The lowest BCUT2D eigenvalue weighted by Gasteiger charge is -2.13. The van der Waals surface area contributed by atoms with Crippen molar-refractivity contribution >= 4 is 11.8 Å². The third-order valence-electron chi connectivity index (χ3n) is 3.88. The number of hydrogen-bond donors (Lipinski definition) is 3. The van der Waals surface area contributed by atoms with E-state index in [9.17, 15) is 36.6 Å². The lowest BCUT2D eigenvalue weighted by atomic mass is 10.2. The van der Waals surface area contributed by atoms with Crippen molar-refractivity contribution in [3.8, 4) is 5.75 Å². The molecule has 1 atom stereocenters. The number of halogens is 5. The van der Waals surface area contributed by atoms with Crippen molar-refractivity contribution < 1.29 is 41.4 Å². The molecule has 168 valence electrons. The second-order valence-electron chi connectivity index (χ2n) is 6.30. The number of aromatic nitrogens is 1. The minimum atomic E-state index is -4.57. The van der Waals surface area contributed by atoms with Gasteiger partial charge in [-0.25, -0.2) is 8.78 Å². The van der Waals surface area contributed by atoms with Crippen molar-refractivity contribution in [1.82, 2.24) is 15.6 Å². The molecule has 0 saturated carbocycles. The van der Waals surface area contributed by atoms with Crippen LogP contribution in [0.25, 0.3) is 0 Å². The molecule has 0 fully saturated rings. The van der Waals surface area contributed by atoms with E-state index in [0.29, 0.717) is 6.20 Å². The van der Waals surface area contributed by atoms with Crippen LogP contribution in [0.4, 0.5) is 22.0 Å². The van der Waals surface area contributed by atoms with Crippen LogP contribution in [0.3, 0.4) is 0 Å². The van der Waals surface area contributed by atoms with E-state index in [4.69, 9.17) is 4.74 Å². The van der Waals surface area contributed by atoms with Gasteiger partial charge in [0.25, 0.3) is 11.8 Å². The fourth-order valence-corrected chi connectivity index (χ4v) is 2.24. The molecule has 1 aromatic carbocycles. The van der Waals surface area contributed by atoms with Crippen molar-refractivity contribution in [1.29, 1.82) is 0 Å². The fourth-order valence-electron chi connectivity index (χ4n) is 2.24. The van der Waals surface area contributed by atoms with Gasteiger partial charge < -0.3 is 20.5 Å². The Morgan fingerprint density at radius 1 is 1.10 bits per heavy atom. The zero-order valence-electron chi connectivity index (χ0n) is 15.9. The summed E-state index contributed by atoms with van der Waals surface area (Å²) in [4.78, 5) is 26.9. The van der Waals surface area contributed by atoms with Crippen molar-refractivity contribution in [2.75, 3.05) is 19.7 Å². The van der Waals surface area contributed by atoms with Crippen molar-refractivity contribution in [3.05, 3.63) is 59.4 Å². The monoisotopic (exact) mass is 447 g/mol. The number of carbonyl (C=O) groups excluding carboxylic acids is 2. The van der Waals surface area contributed by atoms with Gasteiger partial charge in [0.2, 0.25) is 0 Å². The minimum absolute atomic E-state index is 0.0234. The Labute approximate surface area is 173 Å². The summed E-state index contributed by atoms with van der Waals surface area (Å²) in [7, 11) is 0. The molecule has 7 nitrogen and oxygen atoms in total. The molecule has 1 unspecified atom stereocenters. The molecular weight excluding hydrogens is 429 g/mol. The second-order valence-corrected chi connectivity index (χ2v) is 6.30. The van der Waals surface area contributed by atoms with Gasteiger partial charge in [-0.3, -0.25) is 14.6 Å². The van der Waals surface area contributed by atoms with Crippen LogP contribution in [0.15, 0.2) is 36.5 Å². The number of rotatable bonds is 9. The van der Waals surface area contributed by atoms with Crippen LogP contribution in [-0.2, 0) is 11.0 Å². The molecule has 0 spiro atoms. The normalized spacial score (nSPS) is 12.2. The van der Waals surface area contributed by atoms with E-state index in [1.54, 1.807) is 0 Å². The van der Waals surface area contributed by atoms with E-state index in [2.05, 4.69) is 15.6 Å². The zero-order valence-corrected chi connectivity index (χ0v) is 15.9. The number of aliphatic hydroxyl groups is 1. The molecule has 0 aliphatic heterocycles. The number of aliphatic hydroxyl groups excluding tert-OH is 1. The lowest BCUT2D eigenvalue weighted by Crippen LogP contribution is -2.36. The van der Waals surface area contributed by atoms with Gasteiger partial charge in [0.05, 0.1) is 11.7 Å². The van der Waals surface area contributed by atoms with Gasteiger partial charge in [-0.1, -0.05) is 0 Å². The van der Waals surface area contributed by atoms with Crippen LogP contribution in [0.5, 0.6) is 5.75 Å². The van der Waals surface area contributed by atoms with Crippen molar-refractivity contribution in [2.24, 2.45) is 0 Å². The van der Waals surface area contributed by atoms with Gasteiger partial charge in [0, 0.05) is 25.4 Å². The molecule has 0 bridgehead atoms. The van der Waals surface area contributed by atoms with Crippen LogP contribution < -0.4 is 15.4 Å². The van der Waals surface area contributed by atoms with Crippen LogP contribution in [0, 0.1) is 11.6 Å². The van der Waals surface area contributed by atoms with Crippen LogP contribution in [0.2, 0.25) is 0 Å². The molecule has 2 amide bonds. The first-order chi connectivity index (χ1) is 14.6. The average molecular weight is 447 g/mol. The number of hydrogen-bond acceptors (Lipinski definition) is 5. The molecule has 0 aliphatic rings. The zero-order chi connectivity index (χ0) is 23.0. The van der Waals surface area contributed by atoms with E-state index in [0.717, 1.165) is 30.3 Å². The van der Waals surface area contributed by atoms with Gasteiger partial charge in [0.1, 0.15) is 11.4 Å². The average Bonchev–Trinajstić information content (AvgIpc) is 2.72. The number of carbonyl (C=O) groups is 2. The maximum absolute atomic E-state index is 13.0. The van der Waals surface area contributed by atoms with E-state index in [1.165, 1.54) is 0 Å². The van der Waals surface area contributed by atoms with E-state index >= 15 is 0 Å². The molecule has 31 heavy (non-hydrogen) atoms. The Morgan fingerprint density at radius 3 is 2.45 bits per heavy atom. The highest BCUT2D eigenvalue weighted by Crippen LogP contribution is 2.28. The lowest BCUT2D eigenvalue weighted by molar-refractivity contribution is -0.137. The highest BCUT2D eigenvalue weighted by molar-refractivity contribution is 5.92. The Kier molecular flexibility index (Phi) is 8.25. The SMILES string of the molecule is O=C(COc1ccc(F)c(F)c1)NCCC(O)CNC(=O)c1ccc(C(F)(F)F)cn1. The molecule has 3 N–H and O–H groups in total. The molecule has 1 heterocycles. The summed E-state index contributed by atoms with van der Waals surface area (Å²) in [5.74, 6) is -3.54. The summed E-state index contributed by atoms with van der Waals surface area (Å²) in [5.41, 5.74) is -1.24. The number of nitrogens with one attached hydrogen (secondary N) is 2. The fraction of sp³-hybridized carbons (Fsp3) is 0.316. The van der Waals surface area contributed by atoms with Crippen molar-refractivity contribution in [2.45, 2.75) is 18.7 Å². The first-order valence-electron chi connectivity index (χ1n) is 8.90. The molecule has 0 radical (unpaired) electrons. The quantitative estimate of drug-likeness (QED) is 0.511. The van der Waals surface area contributed by atoms with Gasteiger partial charge in [-0.05, 0) is 30.7 Å². The number of amides is 2. The molecule has 0 aliphatic carbocycles. The molecular formula is C19H18F5N3O4. The Morgan fingerprint density at radius 2 is 1.84 bits per heavy atom. The van der Waals surface area contributed by atoms with Gasteiger partial charge in [-0.15, -0.1) is 0 Å². The summed E-state index contributed by atoms with van der Waals surface area (Å²) in [5, 5.41) is 14.6. The number of ether oxygens (including phenoxy) is 1. The third-order valence-corrected chi connectivity index (χ3v) is 3.88. The van der Waals surface area contributed by atoms with Crippen LogP contribution >= 0.6 is 0 Å². The first-order valence-corrected chi connectivity index (χ1v) is 8.90. The predicted molar refractivity (Wildman–Crippen MR) is 97.1 cm³/mol. The minimum Gasteiger partial charge on any atom is -0.484 e. The Bertz CT molecular complexity index is 906. The van der Waals surface area contributed by atoms with Crippen molar-refractivity contribution in [3.63, 3.8) is 0 Å². The highest BCUT2D eigenvalue weighted by atomic mass is 19.4. The maximum atomic E-state index is 13.0. The third kappa shape index (κ3) is 7.81. The summed E-state index contributed by atoms with van der Waals surface area (Å²) in [6.07, 6.45) is -5.03. The van der Waals surface area contributed by atoms with Crippen LogP contribution in [0.1, 0.15) is 22.5 Å². The molecule has 12 heteroatoms. The topological polar surface area (TPSA) is 101 Å². The number of alkyl halides is 3. The number of benzene rings is 1. The van der Waals surface area contributed by atoms with E-state index in [1.807, 2.05) is 0 Å². The highest BCUT2D eigenvalue weighted by Gasteiger charge is 2.30. The predicted octanol–water partition coefficient (Wildman–Crippen LogP) is 2.05. The van der Waals surface area contributed by atoms with Gasteiger partial charge >= 0.3 is 6.18 Å². The Hall–Kier alpha value is -3.28. The molecule has 1 aromatic heterocycles. The summed E-state index contributed by atoms with van der Waals surface area (Å²) < 4.78 is 68.3. The molecule has 0 saturated heterocycles. The maximum Gasteiger partial charge on any atom is 0.417 e. The number of pyridine rings is 1. The molecule has 2 rings (SSSR count). The molecule has 2 aromatic rings. The number of nitrogens with zero attached hydrogens (tertiary/aromatic N) is 1. The smallest absolute Gasteiger partial charge is 0.417 e. The van der Waals surface area contributed by atoms with E-state index in [-0.39, 0.29) is 31.0 Å². The Balaban J connectivity index is 1.66. The summed E-state index contributed by atoms with van der Waals surface area (Å²) >= 11 is 0.